The summed E-state index contributed by atoms with van der Waals surface area (Å²) in [6.07, 6.45) is 8.03. The number of ether oxygens (including phenoxy) is 1. The molecule has 104 valence electrons. The number of nitrogens with one attached hydrogen (secondary N) is 1. The summed E-state index contributed by atoms with van der Waals surface area (Å²) in [7, 11) is 0. The first-order valence-corrected chi connectivity index (χ1v) is 6.88. The smallest absolute Gasteiger partial charge is 0.222 e. The topological polar surface area (TPSA) is 82.2 Å². The lowest BCUT2D eigenvalue weighted by Gasteiger charge is -2.52. The third kappa shape index (κ3) is 2.50. The van der Waals surface area contributed by atoms with Gasteiger partial charge in [0.2, 0.25) is 5.91 Å². The molecule has 1 saturated carbocycles. The van der Waals surface area contributed by atoms with Gasteiger partial charge in [-0.3, -0.25) is 4.79 Å². The molecule has 1 aromatic rings. The number of aromatic nitrogens is 2. The Hall–Kier alpha value is -1.40. The second-order valence-corrected chi connectivity index (χ2v) is 5.36. The van der Waals surface area contributed by atoms with Crippen LogP contribution in [0.5, 0.6) is 0 Å². The Morgan fingerprint density at radius 1 is 1.58 bits per heavy atom. The predicted molar refractivity (Wildman–Crippen MR) is 69.2 cm³/mol. The molecule has 1 amide bonds. The van der Waals surface area contributed by atoms with Crippen LogP contribution >= 0.6 is 0 Å². The molecule has 2 fully saturated rings. The van der Waals surface area contributed by atoms with Crippen molar-refractivity contribution >= 4 is 5.91 Å². The van der Waals surface area contributed by atoms with Crippen molar-refractivity contribution < 1.29 is 9.53 Å². The first-order valence-electron chi connectivity index (χ1n) is 6.88. The number of imidazole rings is 1. The fraction of sp³-hybridized carbons (Fsp3) is 0.692. The second-order valence-electron chi connectivity index (χ2n) is 5.36. The zero-order valence-electron chi connectivity index (χ0n) is 10.9. The quantitative estimate of drug-likeness (QED) is 0.795. The van der Waals surface area contributed by atoms with Crippen LogP contribution in [0.1, 0.15) is 19.3 Å². The van der Waals surface area contributed by atoms with Crippen LogP contribution in [-0.2, 0) is 16.1 Å². The van der Waals surface area contributed by atoms with E-state index in [1.165, 1.54) is 0 Å². The van der Waals surface area contributed by atoms with Gasteiger partial charge in [0.05, 0.1) is 18.5 Å². The minimum atomic E-state index is -0.0133. The van der Waals surface area contributed by atoms with Crippen molar-refractivity contribution in [1.29, 1.82) is 0 Å². The van der Waals surface area contributed by atoms with Crippen LogP contribution < -0.4 is 11.1 Å². The van der Waals surface area contributed by atoms with Gasteiger partial charge in [0.1, 0.15) is 0 Å². The lowest BCUT2D eigenvalue weighted by Crippen LogP contribution is -2.72. The minimum Gasteiger partial charge on any atom is -0.376 e. The molecule has 1 aliphatic carbocycles. The highest BCUT2D eigenvalue weighted by molar-refractivity contribution is 5.76. The summed E-state index contributed by atoms with van der Waals surface area (Å²) in [5, 5.41) is 3.01. The van der Waals surface area contributed by atoms with Gasteiger partial charge in [0.15, 0.2) is 0 Å². The fourth-order valence-corrected chi connectivity index (χ4v) is 3.03. The van der Waals surface area contributed by atoms with Crippen LogP contribution in [0, 0.1) is 5.92 Å². The maximum Gasteiger partial charge on any atom is 0.222 e. The molecule has 3 N–H and O–H groups in total. The van der Waals surface area contributed by atoms with E-state index in [2.05, 4.69) is 10.3 Å². The van der Waals surface area contributed by atoms with Gasteiger partial charge in [0, 0.05) is 43.9 Å². The number of amides is 1. The number of aryl methyl sites for hydroxylation is 1. The molecule has 6 nitrogen and oxygen atoms in total. The van der Waals surface area contributed by atoms with Crippen molar-refractivity contribution in [3.05, 3.63) is 18.7 Å². The van der Waals surface area contributed by atoms with E-state index in [1.807, 2.05) is 10.8 Å². The van der Waals surface area contributed by atoms with Crippen LogP contribution in [0.15, 0.2) is 18.7 Å². The molecule has 0 aromatic carbocycles. The summed E-state index contributed by atoms with van der Waals surface area (Å²) >= 11 is 0. The van der Waals surface area contributed by atoms with E-state index < -0.39 is 0 Å². The number of carbonyl (C=O) groups excluding carboxylic acids is 1. The van der Waals surface area contributed by atoms with Crippen LogP contribution in [0.3, 0.4) is 0 Å². The van der Waals surface area contributed by atoms with E-state index in [0.717, 1.165) is 19.4 Å². The van der Waals surface area contributed by atoms with Crippen LogP contribution in [0.4, 0.5) is 0 Å². The molecular weight excluding hydrogens is 244 g/mol. The van der Waals surface area contributed by atoms with Crippen LogP contribution in [0.25, 0.3) is 0 Å². The minimum absolute atomic E-state index is 0.0133. The van der Waals surface area contributed by atoms with E-state index in [0.29, 0.717) is 18.9 Å². The van der Waals surface area contributed by atoms with Crippen molar-refractivity contribution in [3.63, 3.8) is 0 Å². The van der Waals surface area contributed by atoms with Gasteiger partial charge in [0.25, 0.3) is 0 Å². The Morgan fingerprint density at radius 2 is 2.47 bits per heavy atom. The lowest BCUT2D eigenvalue weighted by atomic mass is 9.68. The highest BCUT2D eigenvalue weighted by atomic mass is 16.5. The summed E-state index contributed by atoms with van der Waals surface area (Å²) < 4.78 is 7.59. The van der Waals surface area contributed by atoms with Crippen molar-refractivity contribution in [2.75, 3.05) is 6.61 Å². The third-order valence-corrected chi connectivity index (χ3v) is 4.16. The van der Waals surface area contributed by atoms with Crippen molar-refractivity contribution in [3.8, 4) is 0 Å². The second kappa shape index (κ2) is 5.30. The number of rotatable bonds is 4. The van der Waals surface area contributed by atoms with Gasteiger partial charge in [-0.25, -0.2) is 4.98 Å². The molecule has 1 aliphatic heterocycles. The van der Waals surface area contributed by atoms with Gasteiger partial charge >= 0.3 is 0 Å². The zero-order chi connectivity index (χ0) is 13.2. The Bertz CT molecular complexity index is 434. The monoisotopic (exact) mass is 264 g/mol. The largest absolute Gasteiger partial charge is 0.376 e. The standard InChI is InChI=1S/C13H20N4O2/c14-11-9-2-1-7-19-13(9)12(11)16-10(18)3-5-17-6-4-15-8-17/h4,6,8-9,11-13H,1-3,5,7,14H2,(H,16,18). The molecule has 1 aromatic heterocycles. The first kappa shape index (κ1) is 12.6. The Labute approximate surface area is 112 Å². The Morgan fingerprint density at radius 3 is 3.26 bits per heavy atom. The number of nitrogens with zero attached hydrogens (tertiary/aromatic N) is 2. The maximum atomic E-state index is 11.9. The Balaban J connectivity index is 1.47. The predicted octanol–water partition coefficient (Wildman–Crippen LogP) is -0.106. The van der Waals surface area contributed by atoms with E-state index >= 15 is 0 Å². The van der Waals surface area contributed by atoms with Gasteiger partial charge in [-0.1, -0.05) is 0 Å². The molecule has 2 heterocycles. The normalized spacial score (nSPS) is 33.3. The summed E-state index contributed by atoms with van der Waals surface area (Å²) in [4.78, 5) is 15.9. The van der Waals surface area contributed by atoms with Gasteiger partial charge in [-0.15, -0.1) is 0 Å². The maximum absolute atomic E-state index is 11.9. The number of carbonyl (C=O) groups is 1. The Kier molecular flexibility index (Phi) is 3.52. The molecule has 6 heteroatoms. The molecule has 0 spiro atoms. The molecule has 0 radical (unpaired) electrons. The summed E-state index contributed by atoms with van der Waals surface area (Å²) in [5.41, 5.74) is 6.11. The SMILES string of the molecule is NC1C2CCCOC2C1NC(=O)CCn1ccnc1. The number of fused-ring (bicyclic) bond motifs is 1. The molecule has 19 heavy (non-hydrogen) atoms. The van der Waals surface area contributed by atoms with Gasteiger partial charge < -0.3 is 20.4 Å². The van der Waals surface area contributed by atoms with E-state index in [4.69, 9.17) is 10.5 Å². The molecule has 1 saturated heterocycles. The molecular formula is C13H20N4O2. The highest BCUT2D eigenvalue weighted by Gasteiger charge is 2.50. The average molecular weight is 264 g/mol. The van der Waals surface area contributed by atoms with Crippen molar-refractivity contribution in [1.82, 2.24) is 14.9 Å². The molecule has 2 aliphatic rings. The fourth-order valence-electron chi connectivity index (χ4n) is 3.03. The van der Waals surface area contributed by atoms with Crippen molar-refractivity contribution in [2.24, 2.45) is 11.7 Å². The lowest BCUT2D eigenvalue weighted by molar-refractivity contribution is -0.139. The average Bonchev–Trinajstić information content (AvgIpc) is 2.95. The number of hydrogen-bond acceptors (Lipinski definition) is 4. The summed E-state index contributed by atoms with van der Waals surface area (Å²) in [6.45, 7) is 1.43. The first-order chi connectivity index (χ1) is 9.25. The van der Waals surface area contributed by atoms with E-state index in [1.54, 1.807) is 12.5 Å². The van der Waals surface area contributed by atoms with Gasteiger partial charge in [-0.2, -0.15) is 0 Å². The van der Waals surface area contributed by atoms with Crippen LogP contribution in [0.2, 0.25) is 0 Å². The molecule has 3 rings (SSSR count). The third-order valence-electron chi connectivity index (χ3n) is 4.16. The molecule has 4 atom stereocenters. The highest BCUT2D eigenvalue weighted by Crippen LogP contribution is 2.36. The van der Waals surface area contributed by atoms with E-state index in [-0.39, 0.29) is 24.1 Å². The van der Waals surface area contributed by atoms with Crippen LogP contribution in [-0.4, -0.2) is 40.3 Å². The van der Waals surface area contributed by atoms with E-state index in [9.17, 15) is 4.79 Å². The molecule has 0 bridgehead atoms. The zero-order valence-corrected chi connectivity index (χ0v) is 10.9. The van der Waals surface area contributed by atoms with Gasteiger partial charge in [-0.05, 0) is 12.8 Å². The number of nitrogens with two attached hydrogens (primary N) is 1. The summed E-state index contributed by atoms with van der Waals surface area (Å²) in [5.74, 6) is 0.453. The molecule has 4 unspecified atom stereocenters. The number of hydrogen-bond donors (Lipinski definition) is 2. The van der Waals surface area contributed by atoms with Crippen molar-refractivity contribution in [2.45, 2.75) is 44.0 Å². The summed E-state index contributed by atoms with van der Waals surface area (Å²) in [6, 6.07) is 0.0306.